The lowest BCUT2D eigenvalue weighted by molar-refractivity contribution is 0.0790. The van der Waals surface area contributed by atoms with E-state index < -0.39 is 0 Å². The fraction of sp³-hybridized carbons (Fsp3) is 1.00. The number of rotatable bonds is 9. The Kier molecular flexibility index (Phi) is 7.20. The monoisotopic (exact) mass is 257 g/mol. The average molecular weight is 257 g/mol. The summed E-state index contributed by atoms with van der Waals surface area (Å²) in [4.78, 5) is 0. The van der Waals surface area contributed by atoms with Crippen LogP contribution in [0.2, 0.25) is 0 Å². The molecule has 0 aliphatic carbocycles. The molecule has 0 saturated carbocycles. The van der Waals surface area contributed by atoms with Gasteiger partial charge in [0.1, 0.15) is 0 Å². The Hall–Kier alpha value is -0.120. The molecule has 3 heteroatoms. The van der Waals surface area contributed by atoms with Crippen LogP contribution in [0.1, 0.15) is 46.5 Å². The second kappa shape index (κ2) is 8.13. The number of methoxy groups -OCH3 is 1. The van der Waals surface area contributed by atoms with Crippen LogP contribution in [0.15, 0.2) is 0 Å². The van der Waals surface area contributed by atoms with Gasteiger partial charge in [0, 0.05) is 26.8 Å². The lowest BCUT2D eigenvalue weighted by Crippen LogP contribution is -2.38. The van der Waals surface area contributed by atoms with Crippen molar-refractivity contribution in [2.45, 2.75) is 52.6 Å². The van der Waals surface area contributed by atoms with Crippen LogP contribution in [0.5, 0.6) is 0 Å². The minimum Gasteiger partial charge on any atom is -0.383 e. The van der Waals surface area contributed by atoms with Gasteiger partial charge >= 0.3 is 0 Å². The van der Waals surface area contributed by atoms with Crippen LogP contribution in [0.3, 0.4) is 0 Å². The average Bonchev–Trinajstić information content (AvgIpc) is 2.85. The third kappa shape index (κ3) is 5.25. The predicted molar refractivity (Wildman–Crippen MR) is 75.9 cm³/mol. The van der Waals surface area contributed by atoms with E-state index in [-0.39, 0.29) is 0 Å². The van der Waals surface area contributed by atoms with E-state index in [0.717, 1.165) is 26.3 Å². The van der Waals surface area contributed by atoms with Gasteiger partial charge in [-0.2, -0.15) is 0 Å². The molecule has 0 amide bonds. The van der Waals surface area contributed by atoms with Crippen LogP contribution >= 0.6 is 0 Å². The normalized spacial score (nSPS) is 23.5. The summed E-state index contributed by atoms with van der Waals surface area (Å²) in [6.07, 6.45) is 5.47. The van der Waals surface area contributed by atoms with Gasteiger partial charge in [-0.1, -0.05) is 20.8 Å². The van der Waals surface area contributed by atoms with E-state index in [4.69, 9.17) is 9.47 Å². The Morgan fingerprint density at radius 2 is 2.22 bits per heavy atom. The fourth-order valence-corrected chi connectivity index (χ4v) is 2.49. The molecule has 108 valence electrons. The zero-order valence-corrected chi connectivity index (χ0v) is 12.6. The summed E-state index contributed by atoms with van der Waals surface area (Å²) in [7, 11) is 1.75. The molecule has 0 radical (unpaired) electrons. The molecule has 1 aliphatic rings. The van der Waals surface area contributed by atoms with Crippen LogP contribution in [0.4, 0.5) is 0 Å². The maximum absolute atomic E-state index is 5.73. The van der Waals surface area contributed by atoms with Crippen molar-refractivity contribution in [2.75, 3.05) is 33.4 Å². The first-order chi connectivity index (χ1) is 8.58. The van der Waals surface area contributed by atoms with Crippen molar-refractivity contribution < 1.29 is 9.47 Å². The molecular weight excluding hydrogens is 226 g/mol. The molecule has 0 aromatic rings. The summed E-state index contributed by atoms with van der Waals surface area (Å²) in [6.45, 7) is 10.8. The summed E-state index contributed by atoms with van der Waals surface area (Å²) in [5.41, 5.74) is 0.361. The maximum Gasteiger partial charge on any atom is 0.0587 e. The summed E-state index contributed by atoms with van der Waals surface area (Å²) >= 11 is 0. The molecule has 1 saturated heterocycles. The van der Waals surface area contributed by atoms with E-state index in [1.54, 1.807) is 7.11 Å². The van der Waals surface area contributed by atoms with Crippen molar-refractivity contribution in [1.82, 2.24) is 5.32 Å². The van der Waals surface area contributed by atoms with E-state index in [9.17, 15) is 0 Å². The number of hydrogen-bond acceptors (Lipinski definition) is 3. The predicted octanol–water partition coefficient (Wildman–Crippen LogP) is 2.84. The lowest BCUT2D eigenvalue weighted by atomic mass is 9.74. The quantitative estimate of drug-likeness (QED) is 0.644. The van der Waals surface area contributed by atoms with Crippen molar-refractivity contribution in [3.05, 3.63) is 0 Å². The Balaban J connectivity index is 2.30. The molecule has 1 N–H and O–H groups in total. The summed E-state index contributed by atoms with van der Waals surface area (Å²) in [5, 5.41) is 3.52. The Morgan fingerprint density at radius 3 is 2.78 bits per heavy atom. The van der Waals surface area contributed by atoms with E-state index in [1.165, 1.54) is 25.7 Å². The molecule has 2 atom stereocenters. The Morgan fingerprint density at radius 1 is 1.44 bits per heavy atom. The first kappa shape index (κ1) is 15.9. The minimum absolute atomic E-state index is 0.361. The molecule has 0 aromatic carbocycles. The van der Waals surface area contributed by atoms with Crippen LogP contribution in [-0.4, -0.2) is 39.5 Å². The molecule has 0 bridgehead atoms. The highest BCUT2D eigenvalue weighted by Gasteiger charge is 2.29. The highest BCUT2D eigenvalue weighted by molar-refractivity contribution is 4.82. The van der Waals surface area contributed by atoms with E-state index in [1.807, 2.05) is 0 Å². The standard InChI is InChI=1S/C15H31NO2/c1-13(2)15(3,12-16-9-11-17-4)8-7-14-6-5-10-18-14/h13-14,16H,5-12H2,1-4H3. The van der Waals surface area contributed by atoms with Gasteiger partial charge in [-0.25, -0.2) is 0 Å². The smallest absolute Gasteiger partial charge is 0.0587 e. The van der Waals surface area contributed by atoms with Gasteiger partial charge in [-0.05, 0) is 37.0 Å². The molecule has 1 fully saturated rings. The Labute approximate surface area is 113 Å². The third-order valence-corrected chi connectivity index (χ3v) is 4.47. The molecule has 1 rings (SSSR count). The first-order valence-electron chi connectivity index (χ1n) is 7.40. The van der Waals surface area contributed by atoms with Gasteiger partial charge in [0.15, 0.2) is 0 Å². The lowest BCUT2D eigenvalue weighted by Gasteiger charge is -2.35. The molecule has 2 unspecified atom stereocenters. The fourth-order valence-electron chi connectivity index (χ4n) is 2.49. The second-order valence-electron chi connectivity index (χ2n) is 6.15. The van der Waals surface area contributed by atoms with Crippen LogP contribution in [0.25, 0.3) is 0 Å². The second-order valence-corrected chi connectivity index (χ2v) is 6.15. The van der Waals surface area contributed by atoms with Gasteiger partial charge in [0.25, 0.3) is 0 Å². The molecule has 18 heavy (non-hydrogen) atoms. The largest absolute Gasteiger partial charge is 0.383 e. The van der Waals surface area contributed by atoms with Gasteiger partial charge in [0.05, 0.1) is 12.7 Å². The zero-order valence-electron chi connectivity index (χ0n) is 12.6. The van der Waals surface area contributed by atoms with Gasteiger partial charge < -0.3 is 14.8 Å². The molecule has 0 aromatic heterocycles. The number of hydrogen-bond donors (Lipinski definition) is 1. The maximum atomic E-state index is 5.73. The number of nitrogens with one attached hydrogen (secondary N) is 1. The van der Waals surface area contributed by atoms with Gasteiger partial charge in [-0.15, -0.1) is 0 Å². The van der Waals surface area contributed by atoms with Gasteiger partial charge in [0.2, 0.25) is 0 Å². The summed E-state index contributed by atoms with van der Waals surface area (Å²) in [6, 6.07) is 0. The Bertz CT molecular complexity index is 215. The van der Waals surface area contributed by atoms with Crippen LogP contribution < -0.4 is 5.32 Å². The topological polar surface area (TPSA) is 30.5 Å². The van der Waals surface area contributed by atoms with Crippen molar-refractivity contribution in [3.63, 3.8) is 0 Å². The molecule has 3 nitrogen and oxygen atoms in total. The minimum atomic E-state index is 0.361. The van der Waals surface area contributed by atoms with Crippen molar-refractivity contribution in [3.8, 4) is 0 Å². The van der Waals surface area contributed by atoms with E-state index >= 15 is 0 Å². The van der Waals surface area contributed by atoms with E-state index in [2.05, 4.69) is 26.1 Å². The van der Waals surface area contributed by atoms with E-state index in [0.29, 0.717) is 17.4 Å². The first-order valence-corrected chi connectivity index (χ1v) is 7.40. The summed E-state index contributed by atoms with van der Waals surface area (Å²) < 4.78 is 10.8. The molecule has 1 heterocycles. The molecule has 0 spiro atoms. The number of ether oxygens (including phenoxy) is 2. The highest BCUT2D eigenvalue weighted by atomic mass is 16.5. The third-order valence-electron chi connectivity index (χ3n) is 4.47. The zero-order chi connectivity index (χ0) is 13.4. The molecular formula is C15H31NO2. The van der Waals surface area contributed by atoms with Crippen LogP contribution in [0, 0.1) is 11.3 Å². The van der Waals surface area contributed by atoms with Crippen molar-refractivity contribution in [1.29, 1.82) is 0 Å². The van der Waals surface area contributed by atoms with Crippen molar-refractivity contribution >= 4 is 0 Å². The van der Waals surface area contributed by atoms with Gasteiger partial charge in [-0.3, -0.25) is 0 Å². The van der Waals surface area contributed by atoms with Crippen LogP contribution in [-0.2, 0) is 9.47 Å². The SMILES string of the molecule is COCCNCC(C)(CCC1CCCO1)C(C)C. The highest BCUT2D eigenvalue weighted by Crippen LogP contribution is 2.33. The molecule has 1 aliphatic heterocycles. The van der Waals surface area contributed by atoms with Crippen molar-refractivity contribution in [2.24, 2.45) is 11.3 Å². The summed E-state index contributed by atoms with van der Waals surface area (Å²) in [5.74, 6) is 0.689.